The van der Waals surface area contributed by atoms with Gasteiger partial charge in [0.1, 0.15) is 5.02 Å². The number of ether oxygens (including phenoxy) is 1. The van der Waals surface area contributed by atoms with Gasteiger partial charge < -0.3 is 10.1 Å². The summed E-state index contributed by atoms with van der Waals surface area (Å²) in [6, 6.07) is 18.1. The van der Waals surface area contributed by atoms with Crippen molar-refractivity contribution in [1.29, 1.82) is 0 Å². The number of halogens is 1. The first-order valence-electron chi connectivity index (χ1n) is 10.1. The van der Waals surface area contributed by atoms with Gasteiger partial charge in [0, 0.05) is 26.2 Å². The highest BCUT2D eigenvalue weighted by molar-refractivity contribution is 6.32. The lowest BCUT2D eigenvalue weighted by molar-refractivity contribution is 0.0341. The molecule has 1 saturated heterocycles. The van der Waals surface area contributed by atoms with Crippen molar-refractivity contribution in [2.45, 2.75) is 19.6 Å². The predicted molar refractivity (Wildman–Crippen MR) is 119 cm³/mol. The lowest BCUT2D eigenvalue weighted by Gasteiger charge is -2.27. The summed E-state index contributed by atoms with van der Waals surface area (Å²) in [5.74, 6) is 0. The van der Waals surface area contributed by atoms with Crippen molar-refractivity contribution in [2.75, 3.05) is 31.6 Å². The fraction of sp³-hybridized carbons (Fsp3) is 0.304. The Labute approximate surface area is 181 Å². The predicted octanol–water partition coefficient (Wildman–Crippen LogP) is 3.39. The van der Waals surface area contributed by atoms with Crippen LogP contribution in [0.5, 0.6) is 0 Å². The summed E-state index contributed by atoms with van der Waals surface area (Å²) < 4.78 is 6.82. The number of aromatic nitrogens is 2. The Bertz CT molecular complexity index is 1030. The van der Waals surface area contributed by atoms with Crippen LogP contribution in [0.15, 0.2) is 65.6 Å². The highest BCUT2D eigenvalue weighted by atomic mass is 35.5. The quantitative estimate of drug-likeness (QED) is 0.630. The minimum absolute atomic E-state index is 0.159. The van der Waals surface area contributed by atoms with Crippen LogP contribution in [0.25, 0.3) is 0 Å². The number of hydrogen-bond donors (Lipinski definition) is 1. The molecule has 0 amide bonds. The molecule has 0 spiro atoms. The molecule has 1 aromatic heterocycles. The normalized spacial score (nSPS) is 14.6. The van der Waals surface area contributed by atoms with E-state index in [9.17, 15) is 4.79 Å². The van der Waals surface area contributed by atoms with E-state index in [0.717, 1.165) is 38.4 Å². The van der Waals surface area contributed by atoms with Crippen LogP contribution in [0, 0.1) is 0 Å². The lowest BCUT2D eigenvalue weighted by atomic mass is 10.1. The molecule has 1 fully saturated rings. The molecule has 6 nitrogen and oxygen atoms in total. The second kappa shape index (κ2) is 9.89. The summed E-state index contributed by atoms with van der Waals surface area (Å²) in [5.41, 5.74) is 3.68. The molecule has 7 heteroatoms. The maximum absolute atomic E-state index is 12.6. The van der Waals surface area contributed by atoms with Gasteiger partial charge in [-0.1, -0.05) is 66.2 Å². The zero-order valence-electron chi connectivity index (χ0n) is 16.8. The standard InChI is InChI=1S/C23H25ClN4O2/c24-22-21(15-26-28(23(22)29)16-18-6-2-1-3-7-18)25-14-19-8-4-5-9-20(19)17-27-10-12-30-13-11-27/h1-9,15,25H,10-14,16-17H2. The average molecular weight is 425 g/mol. The molecule has 2 aromatic carbocycles. The first kappa shape index (κ1) is 20.6. The van der Waals surface area contributed by atoms with Crippen LogP contribution in [-0.4, -0.2) is 41.0 Å². The molecule has 3 aromatic rings. The van der Waals surface area contributed by atoms with Crippen molar-refractivity contribution in [3.63, 3.8) is 0 Å². The molecule has 4 rings (SSSR count). The van der Waals surface area contributed by atoms with Gasteiger partial charge in [0.25, 0.3) is 5.56 Å². The first-order valence-corrected chi connectivity index (χ1v) is 10.5. The maximum atomic E-state index is 12.6. The Morgan fingerprint density at radius 1 is 0.967 bits per heavy atom. The molecule has 1 aliphatic rings. The summed E-state index contributed by atoms with van der Waals surface area (Å²) >= 11 is 6.37. The van der Waals surface area contributed by atoms with E-state index in [0.29, 0.717) is 18.8 Å². The number of nitrogens with zero attached hydrogens (tertiary/aromatic N) is 3. The zero-order chi connectivity index (χ0) is 20.8. The van der Waals surface area contributed by atoms with Crippen molar-refractivity contribution in [3.8, 4) is 0 Å². The van der Waals surface area contributed by atoms with Crippen LogP contribution >= 0.6 is 11.6 Å². The van der Waals surface area contributed by atoms with Crippen LogP contribution < -0.4 is 10.9 Å². The van der Waals surface area contributed by atoms with E-state index in [1.165, 1.54) is 15.8 Å². The molecule has 1 N–H and O–H groups in total. The van der Waals surface area contributed by atoms with Gasteiger partial charge in [-0.15, -0.1) is 0 Å². The fourth-order valence-corrected chi connectivity index (χ4v) is 3.75. The second-order valence-corrected chi connectivity index (χ2v) is 7.71. The number of nitrogens with one attached hydrogen (secondary N) is 1. The summed E-state index contributed by atoms with van der Waals surface area (Å²) in [7, 11) is 0. The number of anilines is 1. The summed E-state index contributed by atoms with van der Waals surface area (Å²) in [6.45, 7) is 5.29. The monoisotopic (exact) mass is 424 g/mol. The van der Waals surface area contributed by atoms with E-state index < -0.39 is 0 Å². The number of benzene rings is 2. The van der Waals surface area contributed by atoms with Gasteiger partial charge in [-0.3, -0.25) is 9.69 Å². The molecule has 0 aliphatic carbocycles. The van der Waals surface area contributed by atoms with Gasteiger partial charge in [-0.2, -0.15) is 5.10 Å². The molecule has 2 heterocycles. The van der Waals surface area contributed by atoms with E-state index in [-0.39, 0.29) is 10.6 Å². The molecule has 0 bridgehead atoms. The molecule has 0 atom stereocenters. The third-order valence-electron chi connectivity index (χ3n) is 5.25. The van der Waals surface area contributed by atoms with Crippen LogP contribution in [0.1, 0.15) is 16.7 Å². The van der Waals surface area contributed by atoms with Crippen LogP contribution in [0.4, 0.5) is 5.69 Å². The van der Waals surface area contributed by atoms with Crippen molar-refractivity contribution >= 4 is 17.3 Å². The minimum Gasteiger partial charge on any atom is -0.379 e. The van der Waals surface area contributed by atoms with E-state index in [1.807, 2.05) is 36.4 Å². The van der Waals surface area contributed by atoms with E-state index >= 15 is 0 Å². The van der Waals surface area contributed by atoms with Gasteiger partial charge >= 0.3 is 0 Å². The molecular weight excluding hydrogens is 400 g/mol. The van der Waals surface area contributed by atoms with Gasteiger partial charge in [-0.25, -0.2) is 4.68 Å². The summed E-state index contributed by atoms with van der Waals surface area (Å²) in [5, 5.41) is 7.74. The summed E-state index contributed by atoms with van der Waals surface area (Å²) in [6.07, 6.45) is 1.62. The third-order valence-corrected chi connectivity index (χ3v) is 5.61. The Kier molecular flexibility index (Phi) is 6.79. The summed E-state index contributed by atoms with van der Waals surface area (Å²) in [4.78, 5) is 15.0. The van der Waals surface area contributed by atoms with E-state index in [1.54, 1.807) is 6.20 Å². The van der Waals surface area contributed by atoms with Gasteiger partial charge in [0.15, 0.2) is 0 Å². The highest BCUT2D eigenvalue weighted by Crippen LogP contribution is 2.19. The molecular formula is C23H25ClN4O2. The SMILES string of the molecule is O=c1c(Cl)c(NCc2ccccc2CN2CCOCC2)cnn1Cc1ccccc1. The Hall–Kier alpha value is -2.67. The molecule has 0 saturated carbocycles. The molecule has 0 radical (unpaired) electrons. The third kappa shape index (κ3) is 5.08. The maximum Gasteiger partial charge on any atom is 0.287 e. The smallest absolute Gasteiger partial charge is 0.287 e. The molecule has 1 aliphatic heterocycles. The van der Waals surface area contributed by atoms with Gasteiger partial charge in [-0.05, 0) is 16.7 Å². The van der Waals surface area contributed by atoms with Gasteiger partial charge in [0.2, 0.25) is 0 Å². The van der Waals surface area contributed by atoms with E-state index in [2.05, 4.69) is 33.5 Å². The van der Waals surface area contributed by atoms with Crippen molar-refractivity contribution < 1.29 is 4.74 Å². The molecule has 0 unspecified atom stereocenters. The number of hydrogen-bond acceptors (Lipinski definition) is 5. The topological polar surface area (TPSA) is 59.4 Å². The molecule has 156 valence electrons. The van der Waals surface area contributed by atoms with E-state index in [4.69, 9.17) is 16.3 Å². The van der Waals surface area contributed by atoms with Crippen molar-refractivity contribution in [1.82, 2.24) is 14.7 Å². The Morgan fingerprint density at radius 3 is 2.43 bits per heavy atom. The number of morpholine rings is 1. The zero-order valence-corrected chi connectivity index (χ0v) is 17.5. The largest absolute Gasteiger partial charge is 0.379 e. The molecule has 30 heavy (non-hydrogen) atoms. The average Bonchev–Trinajstić information content (AvgIpc) is 2.79. The Balaban J connectivity index is 1.45. The first-order chi connectivity index (χ1) is 14.7. The number of rotatable bonds is 7. The fourth-order valence-electron chi connectivity index (χ4n) is 3.53. The Morgan fingerprint density at radius 2 is 1.67 bits per heavy atom. The van der Waals surface area contributed by atoms with Crippen molar-refractivity contribution in [2.24, 2.45) is 0 Å². The van der Waals surface area contributed by atoms with Crippen LogP contribution in [0.3, 0.4) is 0 Å². The lowest BCUT2D eigenvalue weighted by Crippen LogP contribution is -2.35. The second-order valence-electron chi connectivity index (χ2n) is 7.33. The van der Waals surface area contributed by atoms with Crippen LogP contribution in [0.2, 0.25) is 5.02 Å². The minimum atomic E-state index is -0.299. The van der Waals surface area contributed by atoms with Crippen LogP contribution in [-0.2, 0) is 24.4 Å². The van der Waals surface area contributed by atoms with Crippen molar-refractivity contribution in [3.05, 3.63) is 92.9 Å². The van der Waals surface area contributed by atoms with Gasteiger partial charge in [0.05, 0.1) is 31.6 Å². The highest BCUT2D eigenvalue weighted by Gasteiger charge is 2.14.